The molecule has 0 fully saturated rings. The van der Waals surface area contributed by atoms with Gasteiger partial charge in [0.05, 0.1) is 36.2 Å². The van der Waals surface area contributed by atoms with Crippen LogP contribution in [0.4, 0.5) is 43.9 Å². The van der Waals surface area contributed by atoms with Crippen LogP contribution in [-0.2, 0) is 21.4 Å². The van der Waals surface area contributed by atoms with Gasteiger partial charge in [0.25, 0.3) is 11.5 Å². The molecule has 1 aliphatic rings. The van der Waals surface area contributed by atoms with Crippen molar-refractivity contribution in [3.63, 3.8) is 0 Å². The van der Waals surface area contributed by atoms with Crippen molar-refractivity contribution in [2.45, 2.75) is 30.6 Å². The number of nitrogens with one attached hydrogen (secondary N) is 2. The molecule has 1 aliphatic heterocycles. The number of amides is 1. The highest BCUT2D eigenvalue weighted by Gasteiger charge is 2.63. The highest BCUT2D eigenvalue weighted by Crippen LogP contribution is 2.51. The van der Waals surface area contributed by atoms with Crippen LogP contribution in [0.25, 0.3) is 10.8 Å². The minimum absolute atomic E-state index is 0.0190. The molecule has 0 aromatic heterocycles. The van der Waals surface area contributed by atoms with Crippen LogP contribution < -0.4 is 10.6 Å². The number of oxime groups is 1. The molecule has 17 heteroatoms. The maximum Gasteiger partial charge on any atom is 0.435 e. The average molecular weight is 660 g/mol. The van der Waals surface area contributed by atoms with Gasteiger partial charge in [0.15, 0.2) is 5.82 Å². The van der Waals surface area contributed by atoms with E-state index < -0.39 is 71.7 Å². The Morgan fingerprint density at radius 1 is 1.00 bits per heavy atom. The van der Waals surface area contributed by atoms with Crippen molar-refractivity contribution >= 4 is 34.0 Å². The first-order valence-electron chi connectivity index (χ1n) is 12.5. The zero-order valence-corrected chi connectivity index (χ0v) is 22.7. The summed E-state index contributed by atoms with van der Waals surface area (Å²) in [5.41, 5.74) is -6.72. The van der Waals surface area contributed by atoms with Gasteiger partial charge in [-0.15, -0.1) is 0 Å². The van der Waals surface area contributed by atoms with Gasteiger partial charge < -0.3 is 14.9 Å². The lowest BCUT2D eigenvalue weighted by atomic mass is 9.84. The molecule has 0 spiro atoms. The molecule has 0 aliphatic carbocycles. The number of benzene rings is 3. The fourth-order valence-electron chi connectivity index (χ4n) is 4.49. The van der Waals surface area contributed by atoms with Crippen molar-refractivity contribution in [3.05, 3.63) is 81.6 Å². The number of halogens is 11. The number of carbonyl (C=O) groups excluding carboxylic acids is 1. The zero-order chi connectivity index (χ0) is 32.5. The van der Waals surface area contributed by atoms with E-state index in [0.717, 1.165) is 0 Å². The summed E-state index contributed by atoms with van der Waals surface area (Å²) in [5.74, 6) is -2.57. The van der Waals surface area contributed by atoms with E-state index in [9.17, 15) is 48.7 Å². The molecule has 2 N–H and O–H groups in total. The molecular formula is C27H20ClF10N3O3. The van der Waals surface area contributed by atoms with Crippen molar-refractivity contribution in [1.82, 2.24) is 10.6 Å². The highest BCUT2D eigenvalue weighted by molar-refractivity contribution is 6.31. The molecule has 0 bridgehead atoms. The fraction of sp³-hybridized carbons (Fsp3) is 0.333. The molecule has 3 aromatic rings. The highest BCUT2D eigenvalue weighted by atomic mass is 35.5. The lowest BCUT2D eigenvalue weighted by Gasteiger charge is -2.30. The van der Waals surface area contributed by atoms with Crippen LogP contribution in [0.5, 0.6) is 0 Å². The summed E-state index contributed by atoms with van der Waals surface area (Å²) in [6.07, 6.45) is -16.2. The number of ether oxygens (including phenoxy) is 1. The van der Waals surface area contributed by atoms with E-state index in [4.69, 9.17) is 21.2 Å². The van der Waals surface area contributed by atoms with E-state index in [2.05, 4.69) is 10.5 Å². The molecule has 1 heterocycles. The van der Waals surface area contributed by atoms with Crippen LogP contribution in [0, 0.1) is 5.82 Å². The molecule has 0 radical (unpaired) electrons. The minimum Gasteiger partial charge on any atom is -0.374 e. The number of fused-ring (bicyclic) bond motifs is 1. The van der Waals surface area contributed by atoms with Gasteiger partial charge in [0.1, 0.15) is 0 Å². The number of nitrogens with zero attached hydrogens (tertiary/aromatic N) is 1. The molecule has 4 rings (SSSR count). The summed E-state index contributed by atoms with van der Waals surface area (Å²) >= 11 is 5.55. The molecule has 1 unspecified atom stereocenters. The van der Waals surface area contributed by atoms with Crippen LogP contribution in [0.1, 0.15) is 33.5 Å². The summed E-state index contributed by atoms with van der Waals surface area (Å²) in [7, 11) is 0. The minimum atomic E-state index is -5.36. The van der Waals surface area contributed by atoms with Crippen LogP contribution in [0.2, 0.25) is 5.02 Å². The third kappa shape index (κ3) is 7.02. The standard InChI is InChI=1S/C27H20ClF10N3O3/c28-20-10-14(9-19(22(20)29)26(33,34)35)24(27(36,37)38)11-21(41-44-24)17-5-6-18(16-4-2-1-3-15(16)17)23(42)40-7-8-43-13-39-12-25(30,31)32/h1-6,9-10,39H,7-8,11-13H2,(H,40,42). The van der Waals surface area contributed by atoms with E-state index in [1.165, 1.54) is 30.3 Å². The van der Waals surface area contributed by atoms with Crippen molar-refractivity contribution < 1.29 is 58.3 Å². The number of carbonyl (C=O) groups is 1. The van der Waals surface area contributed by atoms with Crippen LogP contribution in [-0.4, -0.2) is 50.4 Å². The lowest BCUT2D eigenvalue weighted by Crippen LogP contribution is -2.43. The summed E-state index contributed by atoms with van der Waals surface area (Å²) < 4.78 is 139. The van der Waals surface area contributed by atoms with Gasteiger partial charge in [-0.25, -0.2) is 4.39 Å². The topological polar surface area (TPSA) is 72.0 Å². The lowest BCUT2D eigenvalue weighted by molar-refractivity contribution is -0.276. The molecule has 3 aromatic carbocycles. The summed E-state index contributed by atoms with van der Waals surface area (Å²) in [6, 6.07) is 8.99. The predicted octanol–water partition coefficient (Wildman–Crippen LogP) is 7.09. The quantitative estimate of drug-likeness (QED) is 0.146. The van der Waals surface area contributed by atoms with Gasteiger partial charge in [-0.2, -0.15) is 39.5 Å². The summed E-state index contributed by atoms with van der Waals surface area (Å²) in [5, 5.41) is 7.42. The Hall–Kier alpha value is -3.63. The maximum absolute atomic E-state index is 14.5. The van der Waals surface area contributed by atoms with Crippen molar-refractivity contribution in [3.8, 4) is 0 Å². The smallest absolute Gasteiger partial charge is 0.374 e. The molecule has 1 amide bonds. The second kappa shape index (κ2) is 12.4. The van der Waals surface area contributed by atoms with Gasteiger partial charge in [-0.3, -0.25) is 10.1 Å². The predicted molar refractivity (Wildman–Crippen MR) is 138 cm³/mol. The second-order valence-corrected chi connectivity index (χ2v) is 9.91. The normalized spacial score (nSPS) is 17.5. The summed E-state index contributed by atoms with van der Waals surface area (Å²) in [6.45, 7) is -1.90. The van der Waals surface area contributed by atoms with Gasteiger partial charge in [-0.1, -0.05) is 47.1 Å². The largest absolute Gasteiger partial charge is 0.435 e. The molecule has 238 valence electrons. The van der Waals surface area contributed by atoms with Crippen LogP contribution in [0.15, 0.2) is 53.7 Å². The molecule has 44 heavy (non-hydrogen) atoms. The Balaban J connectivity index is 1.58. The van der Waals surface area contributed by atoms with E-state index in [-0.39, 0.29) is 46.8 Å². The number of hydrogen-bond donors (Lipinski definition) is 2. The number of hydrogen-bond acceptors (Lipinski definition) is 5. The van der Waals surface area contributed by atoms with E-state index in [1.807, 2.05) is 5.32 Å². The van der Waals surface area contributed by atoms with Gasteiger partial charge in [0.2, 0.25) is 0 Å². The van der Waals surface area contributed by atoms with E-state index in [0.29, 0.717) is 6.07 Å². The first-order valence-corrected chi connectivity index (χ1v) is 12.9. The third-order valence-corrected chi connectivity index (χ3v) is 6.80. The molecule has 0 saturated carbocycles. The van der Waals surface area contributed by atoms with Gasteiger partial charge in [-0.05, 0) is 29.0 Å². The fourth-order valence-corrected chi connectivity index (χ4v) is 4.71. The van der Waals surface area contributed by atoms with Gasteiger partial charge in [0, 0.05) is 29.7 Å². The van der Waals surface area contributed by atoms with Crippen LogP contribution >= 0.6 is 11.6 Å². The third-order valence-electron chi connectivity index (χ3n) is 6.53. The molecule has 0 saturated heterocycles. The Morgan fingerprint density at radius 2 is 1.68 bits per heavy atom. The Bertz CT molecular complexity index is 1570. The monoisotopic (exact) mass is 659 g/mol. The first-order chi connectivity index (χ1) is 20.4. The maximum atomic E-state index is 14.5. The Morgan fingerprint density at radius 3 is 2.32 bits per heavy atom. The van der Waals surface area contributed by atoms with E-state index >= 15 is 0 Å². The zero-order valence-electron chi connectivity index (χ0n) is 22.0. The average Bonchev–Trinajstić information content (AvgIpc) is 3.39. The molecule has 6 nitrogen and oxygen atoms in total. The molecular weight excluding hydrogens is 640 g/mol. The van der Waals surface area contributed by atoms with Gasteiger partial charge >= 0.3 is 18.5 Å². The number of rotatable bonds is 9. The van der Waals surface area contributed by atoms with Crippen molar-refractivity contribution in [2.24, 2.45) is 5.16 Å². The Labute approximate surface area is 246 Å². The molecule has 1 atom stereocenters. The second-order valence-electron chi connectivity index (χ2n) is 9.50. The van der Waals surface area contributed by atoms with E-state index in [1.54, 1.807) is 6.07 Å². The Kier molecular flexibility index (Phi) is 9.38. The first kappa shape index (κ1) is 33.3. The van der Waals surface area contributed by atoms with Crippen LogP contribution in [0.3, 0.4) is 0 Å². The van der Waals surface area contributed by atoms with Crippen molar-refractivity contribution in [1.29, 1.82) is 0 Å². The summed E-state index contributed by atoms with van der Waals surface area (Å²) in [4.78, 5) is 17.6. The van der Waals surface area contributed by atoms with Crippen molar-refractivity contribution in [2.75, 3.05) is 26.4 Å². The SMILES string of the molecule is O=C(NCCOCNCC(F)(F)F)c1ccc(C2=NOC(c3cc(Cl)c(F)c(C(F)(F)F)c3)(C(F)(F)F)C2)c2ccccc12. The number of alkyl halides is 9.